The van der Waals surface area contributed by atoms with Crippen LogP contribution in [0.1, 0.15) is 37.7 Å². The number of hydrogen-bond acceptors (Lipinski definition) is 10. The summed E-state index contributed by atoms with van der Waals surface area (Å²) in [4.78, 5) is 18.1. The van der Waals surface area contributed by atoms with E-state index < -0.39 is 0 Å². The molecule has 0 spiro atoms. The maximum atomic E-state index is 13.6. The highest BCUT2D eigenvalue weighted by Gasteiger charge is 2.46. The number of hydrogen-bond donors (Lipinski definition) is 0. The van der Waals surface area contributed by atoms with Crippen LogP contribution in [0, 0.1) is 5.41 Å². The van der Waals surface area contributed by atoms with Gasteiger partial charge in [-0.1, -0.05) is 29.3 Å². The SMILES string of the molecule is COCCOCCOCCOCC1(COCCOCCOCCOC)CC[C@@H](N(C)C(=O)Cc2ccc(Cl)c(Cl)c2)[C@H](N2CCCC2)C1. The molecular weight excluding hydrogens is 663 g/mol. The minimum atomic E-state index is -0.191. The summed E-state index contributed by atoms with van der Waals surface area (Å²) in [6.07, 6.45) is 5.25. The van der Waals surface area contributed by atoms with Crippen molar-refractivity contribution in [2.24, 2.45) is 5.41 Å². The second-order valence-corrected chi connectivity index (χ2v) is 13.4. The van der Waals surface area contributed by atoms with E-state index >= 15 is 0 Å². The number of likely N-dealkylation sites (tertiary alicyclic amines) is 1. The van der Waals surface area contributed by atoms with E-state index in [2.05, 4.69) is 4.90 Å². The number of nitrogens with zero attached hydrogens (tertiary/aromatic N) is 2. The molecule has 3 rings (SSSR count). The van der Waals surface area contributed by atoms with E-state index in [-0.39, 0.29) is 29.8 Å². The van der Waals surface area contributed by atoms with Crippen molar-refractivity contribution in [3.8, 4) is 0 Å². The maximum absolute atomic E-state index is 13.6. The highest BCUT2D eigenvalue weighted by molar-refractivity contribution is 6.42. The van der Waals surface area contributed by atoms with Crippen molar-refractivity contribution in [2.75, 3.05) is 127 Å². The molecule has 0 aromatic heterocycles. The van der Waals surface area contributed by atoms with E-state index in [1.807, 2.05) is 18.0 Å². The maximum Gasteiger partial charge on any atom is 0.227 e. The third-order valence-electron chi connectivity index (χ3n) is 9.06. The molecule has 2 fully saturated rings. The van der Waals surface area contributed by atoms with Crippen LogP contribution >= 0.6 is 23.2 Å². The fourth-order valence-electron chi connectivity index (χ4n) is 6.40. The summed E-state index contributed by atoms with van der Waals surface area (Å²) in [5.74, 6) is 0.0780. The lowest BCUT2D eigenvalue weighted by Crippen LogP contribution is -2.58. The van der Waals surface area contributed by atoms with Crippen LogP contribution in [-0.4, -0.2) is 155 Å². The number of halogens is 2. The Bertz CT molecular complexity index is 994. The summed E-state index contributed by atoms with van der Waals surface area (Å²) in [5, 5.41) is 0.948. The topological polar surface area (TPSA) is 97.4 Å². The molecule has 0 radical (unpaired) electrons. The summed E-state index contributed by atoms with van der Waals surface area (Å²) >= 11 is 12.4. The molecule has 13 heteroatoms. The van der Waals surface area contributed by atoms with Crippen LogP contribution in [0.2, 0.25) is 10.0 Å². The number of carbonyl (C=O) groups excluding carboxylic acids is 1. The molecule has 1 saturated carbocycles. The van der Waals surface area contributed by atoms with Gasteiger partial charge in [0.2, 0.25) is 5.91 Å². The first kappa shape index (κ1) is 41.3. The monoisotopic (exact) mass is 720 g/mol. The van der Waals surface area contributed by atoms with Crippen LogP contribution in [0.5, 0.6) is 0 Å². The Morgan fingerprint density at radius 2 is 1.27 bits per heavy atom. The number of likely N-dealkylation sites (N-methyl/N-ethyl adjacent to an activating group) is 1. The van der Waals surface area contributed by atoms with Gasteiger partial charge in [0.25, 0.3) is 0 Å². The molecule has 1 saturated heterocycles. The number of methoxy groups -OCH3 is 2. The van der Waals surface area contributed by atoms with Gasteiger partial charge in [-0.2, -0.15) is 0 Å². The molecule has 1 aromatic carbocycles. The number of amides is 1. The molecule has 0 bridgehead atoms. The first-order valence-electron chi connectivity index (χ1n) is 17.3. The zero-order valence-electron chi connectivity index (χ0n) is 29.3. The predicted octanol–water partition coefficient (Wildman–Crippen LogP) is 4.39. The molecular formula is C35H58Cl2N2O9. The number of benzene rings is 1. The molecule has 11 nitrogen and oxygen atoms in total. The fourth-order valence-corrected chi connectivity index (χ4v) is 6.73. The van der Waals surface area contributed by atoms with E-state index in [1.54, 1.807) is 26.4 Å². The van der Waals surface area contributed by atoms with E-state index in [9.17, 15) is 4.79 Å². The number of rotatable bonds is 26. The van der Waals surface area contributed by atoms with Crippen molar-refractivity contribution in [2.45, 2.75) is 50.6 Å². The minimum Gasteiger partial charge on any atom is -0.382 e. The van der Waals surface area contributed by atoms with Gasteiger partial charge in [0.15, 0.2) is 0 Å². The van der Waals surface area contributed by atoms with Gasteiger partial charge in [-0.3, -0.25) is 9.69 Å². The van der Waals surface area contributed by atoms with Crippen molar-refractivity contribution in [1.82, 2.24) is 9.80 Å². The summed E-state index contributed by atoms with van der Waals surface area (Å²) < 4.78 is 44.9. The molecule has 276 valence electrons. The average Bonchev–Trinajstić information content (AvgIpc) is 3.63. The normalized spacial score (nSPS) is 19.6. The van der Waals surface area contributed by atoms with Crippen LogP contribution in [-0.2, 0) is 49.1 Å². The molecule has 2 atom stereocenters. The third-order valence-corrected chi connectivity index (χ3v) is 9.80. The number of carbonyl (C=O) groups is 1. The summed E-state index contributed by atoms with van der Waals surface area (Å²) in [7, 11) is 5.26. The Labute approximate surface area is 297 Å². The Balaban J connectivity index is 1.58. The Morgan fingerprint density at radius 1 is 0.771 bits per heavy atom. The van der Waals surface area contributed by atoms with Gasteiger partial charge >= 0.3 is 0 Å². The largest absolute Gasteiger partial charge is 0.382 e. The Kier molecular flexibility index (Phi) is 20.8. The fraction of sp³-hybridized carbons (Fsp3) is 0.800. The lowest BCUT2D eigenvalue weighted by molar-refractivity contribution is -0.137. The second-order valence-electron chi connectivity index (χ2n) is 12.6. The van der Waals surface area contributed by atoms with Gasteiger partial charge in [0.1, 0.15) is 0 Å². The van der Waals surface area contributed by atoms with Crippen LogP contribution in [0.25, 0.3) is 0 Å². The molecule has 1 aliphatic carbocycles. The molecule has 2 aliphatic rings. The molecule has 0 N–H and O–H groups in total. The van der Waals surface area contributed by atoms with Gasteiger partial charge in [0, 0.05) is 38.8 Å². The van der Waals surface area contributed by atoms with Crippen LogP contribution in [0.3, 0.4) is 0 Å². The summed E-state index contributed by atoms with van der Waals surface area (Å²) in [5.41, 5.74) is 0.669. The van der Waals surface area contributed by atoms with Gasteiger partial charge in [0.05, 0.1) is 109 Å². The minimum absolute atomic E-state index is 0.0780. The molecule has 0 unspecified atom stereocenters. The summed E-state index contributed by atoms with van der Waals surface area (Å²) in [6, 6.07) is 5.70. The first-order valence-corrected chi connectivity index (χ1v) is 18.0. The summed E-state index contributed by atoms with van der Waals surface area (Å²) in [6.45, 7) is 9.51. The smallest absolute Gasteiger partial charge is 0.227 e. The number of ether oxygens (including phenoxy) is 8. The molecule has 48 heavy (non-hydrogen) atoms. The van der Waals surface area contributed by atoms with E-state index in [4.69, 9.17) is 61.1 Å². The standard InChI is InChI=1S/C35H58Cl2N2O9/c1-38(34(40)25-29-6-7-30(36)31(37)24-29)32-8-9-35(26-33(32)39-10-4-5-11-39,27-47-22-20-45-18-16-43-14-12-41-2)28-48-23-21-46-19-17-44-15-13-42-3/h6-7,24,32-33H,4-5,8-23,25-28H2,1-3H3/t32-,33-/m1/s1. The zero-order chi connectivity index (χ0) is 34.5. The quantitative estimate of drug-likeness (QED) is 0.128. The molecule has 1 amide bonds. The van der Waals surface area contributed by atoms with E-state index in [1.165, 1.54) is 12.8 Å². The van der Waals surface area contributed by atoms with Crippen molar-refractivity contribution >= 4 is 29.1 Å². The van der Waals surface area contributed by atoms with Gasteiger partial charge in [-0.15, -0.1) is 0 Å². The lowest BCUT2D eigenvalue weighted by atomic mass is 9.70. The van der Waals surface area contributed by atoms with Gasteiger partial charge < -0.3 is 42.8 Å². The van der Waals surface area contributed by atoms with Crippen LogP contribution < -0.4 is 0 Å². The van der Waals surface area contributed by atoms with Crippen molar-refractivity contribution in [1.29, 1.82) is 0 Å². The van der Waals surface area contributed by atoms with Crippen LogP contribution in [0.4, 0.5) is 0 Å². The van der Waals surface area contributed by atoms with Crippen LogP contribution in [0.15, 0.2) is 18.2 Å². The van der Waals surface area contributed by atoms with Crippen molar-refractivity contribution < 1.29 is 42.7 Å². The molecule has 1 aliphatic heterocycles. The third kappa shape index (κ3) is 15.0. The lowest BCUT2D eigenvalue weighted by Gasteiger charge is -2.50. The highest BCUT2D eigenvalue weighted by atomic mass is 35.5. The van der Waals surface area contributed by atoms with Crippen molar-refractivity contribution in [3.63, 3.8) is 0 Å². The van der Waals surface area contributed by atoms with E-state index in [0.29, 0.717) is 103 Å². The predicted molar refractivity (Wildman–Crippen MR) is 186 cm³/mol. The highest BCUT2D eigenvalue weighted by Crippen LogP contribution is 2.42. The second kappa shape index (κ2) is 24.2. The van der Waals surface area contributed by atoms with Crippen molar-refractivity contribution in [3.05, 3.63) is 33.8 Å². The Hall–Kier alpha value is -1.09. The zero-order valence-corrected chi connectivity index (χ0v) is 30.8. The van der Waals surface area contributed by atoms with Gasteiger partial charge in [-0.25, -0.2) is 0 Å². The molecule has 1 aromatic rings. The van der Waals surface area contributed by atoms with E-state index in [0.717, 1.165) is 37.9 Å². The first-order chi connectivity index (χ1) is 23.4. The van der Waals surface area contributed by atoms with Gasteiger partial charge in [-0.05, 0) is 62.9 Å². The average molecular weight is 722 g/mol. The Morgan fingerprint density at radius 3 is 1.77 bits per heavy atom. The molecule has 1 heterocycles.